The van der Waals surface area contributed by atoms with E-state index in [1.165, 1.54) is 6.07 Å². The number of halogens is 3. The molecule has 0 saturated heterocycles. The first kappa shape index (κ1) is 15.8. The third kappa shape index (κ3) is 4.19. The molecule has 0 aliphatic rings. The minimum Gasteiger partial charge on any atom is -0.481 e. The second-order valence-electron chi connectivity index (χ2n) is 4.77. The summed E-state index contributed by atoms with van der Waals surface area (Å²) in [7, 11) is 0. The molecule has 0 bridgehead atoms. The monoisotopic (exact) mass is 326 g/mol. The van der Waals surface area contributed by atoms with Crippen molar-refractivity contribution in [3.8, 4) is 0 Å². The molecule has 0 fully saturated rings. The van der Waals surface area contributed by atoms with Crippen LogP contribution in [0.3, 0.4) is 0 Å². The summed E-state index contributed by atoms with van der Waals surface area (Å²) in [5.41, 5.74) is 1.07. The molecule has 2 aromatic carbocycles. The van der Waals surface area contributed by atoms with E-state index in [1.54, 1.807) is 36.4 Å². The van der Waals surface area contributed by atoms with E-state index in [-0.39, 0.29) is 12.8 Å². The SMILES string of the molecule is O=C(O)C(Cc1ccccc1F)Cc1ccc(Cl)cc1Cl. The maximum Gasteiger partial charge on any atom is 0.307 e. The number of aliphatic carboxylic acids is 1. The maximum atomic E-state index is 13.6. The fourth-order valence-electron chi connectivity index (χ4n) is 2.13. The zero-order valence-corrected chi connectivity index (χ0v) is 12.5. The largest absolute Gasteiger partial charge is 0.481 e. The number of carboxylic acids is 1. The molecule has 2 nitrogen and oxygen atoms in total. The summed E-state index contributed by atoms with van der Waals surface area (Å²) in [4.78, 5) is 11.4. The van der Waals surface area contributed by atoms with Gasteiger partial charge in [-0.05, 0) is 42.2 Å². The molecule has 0 aromatic heterocycles. The lowest BCUT2D eigenvalue weighted by Gasteiger charge is -2.14. The normalized spacial score (nSPS) is 12.1. The Morgan fingerprint density at radius 2 is 1.76 bits per heavy atom. The van der Waals surface area contributed by atoms with Crippen molar-refractivity contribution in [1.82, 2.24) is 0 Å². The van der Waals surface area contributed by atoms with E-state index in [1.807, 2.05) is 0 Å². The first-order valence-corrected chi connectivity index (χ1v) is 7.13. The predicted molar refractivity (Wildman–Crippen MR) is 81.4 cm³/mol. The number of hydrogen-bond donors (Lipinski definition) is 1. The number of hydrogen-bond acceptors (Lipinski definition) is 1. The standard InChI is InChI=1S/C16H13Cl2FO2/c17-13-6-5-10(14(18)9-13)7-12(16(20)21)8-11-3-1-2-4-15(11)19/h1-6,9,12H,7-8H2,(H,20,21). The minimum absolute atomic E-state index is 0.112. The van der Waals surface area contributed by atoms with Crippen molar-refractivity contribution in [3.63, 3.8) is 0 Å². The Hall–Kier alpha value is -1.58. The fraction of sp³-hybridized carbons (Fsp3) is 0.188. The molecule has 0 saturated carbocycles. The van der Waals surface area contributed by atoms with Gasteiger partial charge in [0, 0.05) is 10.0 Å². The van der Waals surface area contributed by atoms with Crippen LogP contribution in [0.4, 0.5) is 4.39 Å². The van der Waals surface area contributed by atoms with Crippen molar-refractivity contribution in [1.29, 1.82) is 0 Å². The highest BCUT2D eigenvalue weighted by molar-refractivity contribution is 6.35. The lowest BCUT2D eigenvalue weighted by atomic mass is 9.92. The van der Waals surface area contributed by atoms with Crippen LogP contribution in [0.2, 0.25) is 10.0 Å². The van der Waals surface area contributed by atoms with Crippen LogP contribution in [-0.4, -0.2) is 11.1 Å². The summed E-state index contributed by atoms with van der Waals surface area (Å²) in [5.74, 6) is -2.13. The fourth-order valence-corrected chi connectivity index (χ4v) is 2.61. The number of carbonyl (C=O) groups is 1. The van der Waals surface area contributed by atoms with Crippen molar-refractivity contribution in [2.45, 2.75) is 12.8 Å². The van der Waals surface area contributed by atoms with E-state index in [0.717, 1.165) is 0 Å². The Morgan fingerprint density at radius 1 is 1.10 bits per heavy atom. The van der Waals surface area contributed by atoms with Gasteiger partial charge in [0.1, 0.15) is 5.82 Å². The highest BCUT2D eigenvalue weighted by Crippen LogP contribution is 2.25. The van der Waals surface area contributed by atoms with E-state index in [0.29, 0.717) is 21.2 Å². The molecule has 110 valence electrons. The van der Waals surface area contributed by atoms with E-state index >= 15 is 0 Å². The quantitative estimate of drug-likeness (QED) is 0.870. The van der Waals surface area contributed by atoms with Gasteiger partial charge in [-0.3, -0.25) is 4.79 Å². The topological polar surface area (TPSA) is 37.3 Å². The van der Waals surface area contributed by atoms with Gasteiger partial charge >= 0.3 is 5.97 Å². The maximum absolute atomic E-state index is 13.6. The van der Waals surface area contributed by atoms with E-state index in [4.69, 9.17) is 23.2 Å². The van der Waals surface area contributed by atoms with Crippen LogP contribution < -0.4 is 0 Å². The lowest BCUT2D eigenvalue weighted by molar-refractivity contribution is -0.141. The first-order valence-electron chi connectivity index (χ1n) is 6.37. The Balaban J connectivity index is 2.20. The van der Waals surface area contributed by atoms with Gasteiger partial charge in [-0.25, -0.2) is 4.39 Å². The average molecular weight is 327 g/mol. The summed E-state index contributed by atoms with van der Waals surface area (Å²) in [6.07, 6.45) is 0.334. The highest BCUT2D eigenvalue weighted by atomic mass is 35.5. The molecule has 1 unspecified atom stereocenters. The van der Waals surface area contributed by atoms with Crippen LogP contribution in [0.15, 0.2) is 42.5 Å². The predicted octanol–water partition coefficient (Wildman–Crippen LogP) is 4.62. The molecule has 21 heavy (non-hydrogen) atoms. The average Bonchev–Trinajstić information content (AvgIpc) is 2.42. The molecule has 0 aliphatic carbocycles. The van der Waals surface area contributed by atoms with Gasteiger partial charge < -0.3 is 5.11 Å². The second-order valence-corrected chi connectivity index (χ2v) is 5.61. The summed E-state index contributed by atoms with van der Waals surface area (Å²) < 4.78 is 13.6. The van der Waals surface area contributed by atoms with Gasteiger partial charge in [-0.1, -0.05) is 47.5 Å². The highest BCUT2D eigenvalue weighted by Gasteiger charge is 2.21. The van der Waals surface area contributed by atoms with E-state index in [2.05, 4.69) is 0 Å². The van der Waals surface area contributed by atoms with E-state index < -0.39 is 17.7 Å². The molecular formula is C16H13Cl2FO2. The second kappa shape index (κ2) is 6.92. The van der Waals surface area contributed by atoms with Crippen molar-refractivity contribution >= 4 is 29.2 Å². The number of rotatable bonds is 5. The molecule has 2 rings (SSSR count). The zero-order chi connectivity index (χ0) is 15.4. The van der Waals surface area contributed by atoms with Crippen LogP contribution in [0, 0.1) is 11.7 Å². The van der Waals surface area contributed by atoms with Gasteiger partial charge in [0.2, 0.25) is 0 Å². The van der Waals surface area contributed by atoms with Gasteiger partial charge in [0.25, 0.3) is 0 Å². The van der Waals surface area contributed by atoms with Crippen molar-refractivity contribution in [3.05, 3.63) is 69.5 Å². The molecule has 0 heterocycles. The third-order valence-electron chi connectivity index (χ3n) is 3.25. The molecule has 0 aliphatic heterocycles. The van der Waals surface area contributed by atoms with Crippen LogP contribution in [0.1, 0.15) is 11.1 Å². The molecular weight excluding hydrogens is 314 g/mol. The molecule has 0 spiro atoms. The molecule has 0 amide bonds. The minimum atomic E-state index is -0.982. The van der Waals surface area contributed by atoms with Crippen LogP contribution in [0.25, 0.3) is 0 Å². The molecule has 0 radical (unpaired) electrons. The van der Waals surface area contributed by atoms with Gasteiger partial charge in [0.05, 0.1) is 5.92 Å². The Kier molecular flexibility index (Phi) is 5.21. The van der Waals surface area contributed by atoms with Crippen LogP contribution in [-0.2, 0) is 17.6 Å². The van der Waals surface area contributed by atoms with Crippen LogP contribution >= 0.6 is 23.2 Å². The van der Waals surface area contributed by atoms with Gasteiger partial charge in [-0.15, -0.1) is 0 Å². The Bertz CT molecular complexity index is 658. The van der Waals surface area contributed by atoms with Crippen LogP contribution in [0.5, 0.6) is 0 Å². The summed E-state index contributed by atoms with van der Waals surface area (Å²) in [6, 6.07) is 11.1. The Morgan fingerprint density at radius 3 is 2.38 bits per heavy atom. The molecule has 1 atom stereocenters. The molecule has 2 aromatic rings. The van der Waals surface area contributed by atoms with Gasteiger partial charge in [-0.2, -0.15) is 0 Å². The Labute approximate surface area is 132 Å². The molecule has 1 N–H and O–H groups in total. The molecule has 5 heteroatoms. The van der Waals surface area contributed by atoms with E-state index in [9.17, 15) is 14.3 Å². The van der Waals surface area contributed by atoms with Crippen molar-refractivity contribution in [2.24, 2.45) is 5.92 Å². The summed E-state index contributed by atoms with van der Waals surface area (Å²) in [5, 5.41) is 10.2. The van der Waals surface area contributed by atoms with Crippen molar-refractivity contribution in [2.75, 3.05) is 0 Å². The third-order valence-corrected chi connectivity index (χ3v) is 3.84. The smallest absolute Gasteiger partial charge is 0.307 e. The number of carboxylic acid groups (broad SMARTS) is 1. The van der Waals surface area contributed by atoms with Crippen molar-refractivity contribution < 1.29 is 14.3 Å². The summed E-state index contributed by atoms with van der Waals surface area (Å²) in [6.45, 7) is 0. The first-order chi connectivity index (χ1) is 9.97. The zero-order valence-electron chi connectivity index (χ0n) is 11.0. The summed E-state index contributed by atoms with van der Waals surface area (Å²) >= 11 is 11.9. The lowest BCUT2D eigenvalue weighted by Crippen LogP contribution is -2.20. The van der Waals surface area contributed by atoms with Gasteiger partial charge in [0.15, 0.2) is 0 Å². The number of benzene rings is 2.